The van der Waals surface area contributed by atoms with Crippen LogP contribution in [0.25, 0.3) is 17.5 Å². The van der Waals surface area contributed by atoms with Crippen molar-refractivity contribution in [2.45, 2.75) is 25.1 Å². The van der Waals surface area contributed by atoms with Crippen molar-refractivity contribution in [3.8, 4) is 17.1 Å². The third kappa shape index (κ3) is 6.10. The lowest BCUT2D eigenvalue weighted by atomic mass is 10.1. The molecule has 35 heavy (non-hydrogen) atoms. The fraction of sp³-hybridized carbons (Fsp3) is 0.261. The van der Waals surface area contributed by atoms with E-state index in [9.17, 15) is 17.6 Å². The number of aromatic nitrogens is 2. The molecule has 1 aromatic heterocycles. The highest BCUT2D eigenvalue weighted by Crippen LogP contribution is 2.39. The number of hydrogen-bond donors (Lipinski definition) is 2. The van der Waals surface area contributed by atoms with Crippen molar-refractivity contribution in [3.05, 3.63) is 71.4 Å². The Morgan fingerprint density at radius 1 is 1.23 bits per heavy atom. The molecule has 7 nitrogen and oxygen atoms in total. The van der Waals surface area contributed by atoms with Crippen LogP contribution in [0.15, 0.2) is 53.1 Å². The lowest BCUT2D eigenvalue weighted by molar-refractivity contribution is -0.138. The second kappa shape index (κ2) is 10.8. The molecule has 1 saturated heterocycles. The Morgan fingerprint density at radius 3 is 2.66 bits per heavy atom. The molecule has 1 aliphatic rings. The fourth-order valence-corrected chi connectivity index (χ4v) is 3.71. The quantitative estimate of drug-likeness (QED) is 0.260. The van der Waals surface area contributed by atoms with Crippen molar-refractivity contribution < 1.29 is 26.8 Å². The van der Waals surface area contributed by atoms with Gasteiger partial charge in [-0.05, 0) is 54.8 Å². The minimum absolute atomic E-state index is 0. The number of rotatable bonds is 6. The van der Waals surface area contributed by atoms with Gasteiger partial charge in [-0.3, -0.25) is 5.41 Å². The zero-order valence-corrected chi connectivity index (χ0v) is 19.1. The van der Waals surface area contributed by atoms with Crippen molar-refractivity contribution in [1.82, 2.24) is 15.0 Å². The van der Waals surface area contributed by atoms with Crippen LogP contribution in [0.2, 0.25) is 0 Å². The van der Waals surface area contributed by atoms with Crippen molar-refractivity contribution in [1.29, 1.82) is 5.41 Å². The number of likely N-dealkylation sites (tertiary alicyclic amines) is 1. The molecule has 0 aliphatic carbocycles. The monoisotopic (exact) mass is 511 g/mol. The van der Waals surface area contributed by atoms with Crippen molar-refractivity contribution in [3.63, 3.8) is 0 Å². The maximum Gasteiger partial charge on any atom is 0.419 e. The van der Waals surface area contributed by atoms with E-state index in [0.717, 1.165) is 12.5 Å². The molecular weight excluding hydrogens is 490 g/mol. The molecule has 12 heteroatoms. The van der Waals surface area contributed by atoms with Crippen molar-refractivity contribution >= 4 is 24.4 Å². The van der Waals surface area contributed by atoms with Crippen LogP contribution in [0.1, 0.15) is 35.9 Å². The molecular formula is C23H22ClF4N5O2. The lowest BCUT2D eigenvalue weighted by Gasteiger charge is -2.21. The van der Waals surface area contributed by atoms with E-state index in [0.29, 0.717) is 18.5 Å². The Morgan fingerprint density at radius 2 is 1.97 bits per heavy atom. The summed E-state index contributed by atoms with van der Waals surface area (Å²) in [7, 11) is 0. The van der Waals surface area contributed by atoms with E-state index in [1.807, 2.05) is 0 Å². The highest BCUT2D eigenvalue weighted by Gasteiger charge is 2.36. The van der Waals surface area contributed by atoms with Crippen molar-refractivity contribution in [2.75, 3.05) is 13.2 Å². The zero-order chi connectivity index (χ0) is 24.3. The average molecular weight is 512 g/mol. The van der Waals surface area contributed by atoms with Gasteiger partial charge < -0.3 is 19.9 Å². The van der Waals surface area contributed by atoms with Gasteiger partial charge in [0.2, 0.25) is 11.7 Å². The van der Waals surface area contributed by atoms with Gasteiger partial charge in [-0.15, -0.1) is 12.4 Å². The minimum atomic E-state index is -4.67. The predicted molar refractivity (Wildman–Crippen MR) is 124 cm³/mol. The molecule has 2 heterocycles. The van der Waals surface area contributed by atoms with Gasteiger partial charge in [-0.25, -0.2) is 4.39 Å². The van der Waals surface area contributed by atoms with Crippen LogP contribution in [0.5, 0.6) is 5.75 Å². The van der Waals surface area contributed by atoms with Gasteiger partial charge in [-0.2, -0.15) is 18.2 Å². The van der Waals surface area contributed by atoms with Gasteiger partial charge in [0.25, 0.3) is 0 Å². The van der Waals surface area contributed by atoms with E-state index >= 15 is 0 Å². The Bertz CT molecular complexity index is 1200. The largest absolute Gasteiger partial charge is 0.489 e. The van der Waals surface area contributed by atoms with E-state index in [1.165, 1.54) is 30.3 Å². The van der Waals surface area contributed by atoms with E-state index in [2.05, 4.69) is 10.1 Å². The van der Waals surface area contributed by atoms with Gasteiger partial charge in [0.05, 0.1) is 5.56 Å². The number of benzene rings is 2. The number of halogens is 5. The van der Waals surface area contributed by atoms with Crippen LogP contribution < -0.4 is 10.5 Å². The van der Waals surface area contributed by atoms with Gasteiger partial charge >= 0.3 is 6.18 Å². The molecule has 186 valence electrons. The number of guanidine groups is 1. The van der Waals surface area contributed by atoms with Crippen LogP contribution in [0.3, 0.4) is 0 Å². The molecule has 1 unspecified atom stereocenters. The number of ether oxygens (including phenoxy) is 1. The Hall–Kier alpha value is -3.60. The summed E-state index contributed by atoms with van der Waals surface area (Å²) in [5, 5.41) is 11.5. The molecule has 0 saturated carbocycles. The van der Waals surface area contributed by atoms with Gasteiger partial charge in [0, 0.05) is 12.1 Å². The summed E-state index contributed by atoms with van der Waals surface area (Å²) in [6.07, 6.45) is -0.0884. The van der Waals surface area contributed by atoms with E-state index < -0.39 is 11.7 Å². The first kappa shape index (κ1) is 26.0. The number of nitrogens with one attached hydrogen (secondary N) is 1. The minimum Gasteiger partial charge on any atom is -0.489 e. The second-order valence-corrected chi connectivity index (χ2v) is 7.67. The highest BCUT2D eigenvalue weighted by molar-refractivity contribution is 5.85. The van der Waals surface area contributed by atoms with Crippen LogP contribution in [-0.2, 0) is 6.18 Å². The standard InChI is InChI=1S/C23H21F4N5O2.ClH/c24-16-8-5-14(6-9-16)3-2-12-33-19-10-7-15(13-17(19)23(25,26)27)20-30-21(34-31-20)18-4-1-11-32(18)22(28)29;/h2-3,5-10,13,18H,1,4,11-12H2,(H3,28,29);1H. The summed E-state index contributed by atoms with van der Waals surface area (Å²) in [6.45, 7) is 0.451. The van der Waals surface area contributed by atoms with E-state index in [-0.39, 0.29) is 59.9 Å². The number of nitrogens with zero attached hydrogens (tertiary/aromatic N) is 3. The molecule has 1 atom stereocenters. The van der Waals surface area contributed by atoms with Crippen LogP contribution >= 0.6 is 12.4 Å². The fourth-order valence-electron chi connectivity index (χ4n) is 3.71. The SMILES string of the molecule is Cl.N=C(N)N1CCCC1c1nc(-c2ccc(OCC=Cc3ccc(F)cc3)c(C(F)(F)F)c2)no1. The first-order valence-corrected chi connectivity index (χ1v) is 10.4. The lowest BCUT2D eigenvalue weighted by Crippen LogP contribution is -2.35. The maximum atomic E-state index is 13.7. The first-order chi connectivity index (χ1) is 16.2. The van der Waals surface area contributed by atoms with E-state index in [1.54, 1.807) is 23.1 Å². The molecule has 0 radical (unpaired) electrons. The Labute approximate surface area is 204 Å². The summed E-state index contributed by atoms with van der Waals surface area (Å²) in [6, 6.07) is 8.81. The predicted octanol–water partition coefficient (Wildman–Crippen LogP) is 5.44. The summed E-state index contributed by atoms with van der Waals surface area (Å²) in [4.78, 5) is 5.85. The van der Waals surface area contributed by atoms with Crippen LogP contribution in [-0.4, -0.2) is 34.2 Å². The molecule has 1 aliphatic heterocycles. The molecule has 1 fully saturated rings. The molecule has 2 aromatic carbocycles. The number of alkyl halides is 3. The van der Waals surface area contributed by atoms with Crippen LogP contribution in [0.4, 0.5) is 17.6 Å². The molecule has 0 bridgehead atoms. The Balaban J connectivity index is 0.00000342. The van der Waals surface area contributed by atoms with Gasteiger partial charge in [0.15, 0.2) is 5.96 Å². The summed E-state index contributed by atoms with van der Waals surface area (Å²) in [5.74, 6) is -0.656. The topological polar surface area (TPSA) is 101 Å². The van der Waals surface area contributed by atoms with Gasteiger partial charge in [0.1, 0.15) is 24.2 Å². The van der Waals surface area contributed by atoms with Gasteiger partial charge in [-0.1, -0.05) is 23.4 Å². The molecule has 0 spiro atoms. The number of hydrogen-bond acceptors (Lipinski definition) is 5. The molecule has 4 rings (SSSR count). The van der Waals surface area contributed by atoms with E-state index in [4.69, 9.17) is 20.4 Å². The highest BCUT2D eigenvalue weighted by atomic mass is 35.5. The second-order valence-electron chi connectivity index (χ2n) is 7.67. The third-order valence-corrected chi connectivity index (χ3v) is 5.35. The summed E-state index contributed by atoms with van der Waals surface area (Å²) in [5.41, 5.74) is 5.41. The Kier molecular flexibility index (Phi) is 8.00. The normalized spacial score (nSPS) is 15.9. The molecule has 3 aromatic rings. The van der Waals surface area contributed by atoms with Crippen molar-refractivity contribution in [2.24, 2.45) is 5.73 Å². The summed E-state index contributed by atoms with van der Waals surface area (Å²) >= 11 is 0. The van der Waals surface area contributed by atoms with Crippen LogP contribution in [0, 0.1) is 11.2 Å². The summed E-state index contributed by atoms with van der Waals surface area (Å²) < 4.78 is 64.7. The maximum absolute atomic E-state index is 13.7. The third-order valence-electron chi connectivity index (χ3n) is 5.35. The zero-order valence-electron chi connectivity index (χ0n) is 18.3. The molecule has 3 N–H and O–H groups in total. The number of nitrogens with two attached hydrogens (primary N) is 1. The molecule has 0 amide bonds. The average Bonchev–Trinajstić information content (AvgIpc) is 3.47. The smallest absolute Gasteiger partial charge is 0.419 e. The first-order valence-electron chi connectivity index (χ1n) is 10.4.